The van der Waals surface area contributed by atoms with Crippen LogP contribution in [0.5, 0.6) is 0 Å². The fourth-order valence-corrected chi connectivity index (χ4v) is 3.24. The maximum Gasteiger partial charge on any atom is 0.411 e. The minimum absolute atomic E-state index is 0.0289. The molecule has 2 atom stereocenters. The summed E-state index contributed by atoms with van der Waals surface area (Å²) in [6.45, 7) is 3.80. The van der Waals surface area contributed by atoms with Crippen LogP contribution in [0.4, 0.5) is 10.5 Å². The van der Waals surface area contributed by atoms with Crippen molar-refractivity contribution in [2.45, 2.75) is 38.8 Å². The Labute approximate surface area is 184 Å². The maximum absolute atomic E-state index is 13.0. The summed E-state index contributed by atoms with van der Waals surface area (Å²) in [7, 11) is 1.29. The number of carbonyl (C=O) groups is 5. The van der Waals surface area contributed by atoms with Crippen LogP contribution in [0, 0.1) is 5.92 Å². The van der Waals surface area contributed by atoms with Crippen LogP contribution in [0.15, 0.2) is 18.2 Å². The van der Waals surface area contributed by atoms with E-state index in [0.29, 0.717) is 13.0 Å². The number of nitrogens with one attached hydrogen (secondary N) is 4. The highest BCUT2D eigenvalue weighted by Gasteiger charge is 2.34. The van der Waals surface area contributed by atoms with Crippen molar-refractivity contribution in [3.8, 4) is 0 Å². The van der Waals surface area contributed by atoms with Crippen LogP contribution in [0.25, 0.3) is 0 Å². The van der Waals surface area contributed by atoms with Crippen molar-refractivity contribution in [3.05, 3.63) is 28.8 Å². The molecule has 168 valence electrons. The molecular formula is C20H25ClN4O6. The van der Waals surface area contributed by atoms with E-state index < -0.39 is 35.7 Å². The number of hydrogen-bond acceptors (Lipinski definition) is 6. The number of likely N-dealkylation sites (N-methyl/N-ethyl adjacent to an activating group) is 1. The van der Waals surface area contributed by atoms with Gasteiger partial charge in [-0.05, 0) is 44.9 Å². The lowest BCUT2D eigenvalue weighted by Gasteiger charge is -2.20. The highest BCUT2D eigenvalue weighted by Crippen LogP contribution is 2.22. The molecule has 0 aliphatic carbocycles. The van der Waals surface area contributed by atoms with Gasteiger partial charge >= 0.3 is 6.09 Å². The third kappa shape index (κ3) is 6.68. The summed E-state index contributed by atoms with van der Waals surface area (Å²) in [5, 5.41) is 10.1. The molecule has 10 nitrogen and oxygen atoms in total. The van der Waals surface area contributed by atoms with Gasteiger partial charge in [-0.25, -0.2) is 4.79 Å². The van der Waals surface area contributed by atoms with Crippen molar-refractivity contribution in [1.29, 1.82) is 0 Å². The molecule has 1 unspecified atom stereocenters. The molecule has 1 heterocycles. The molecule has 1 aliphatic heterocycles. The number of Topliss-reactive ketones (excluding diaryl/α,β-unsaturated/α-hetero) is 1. The lowest BCUT2D eigenvalue weighted by atomic mass is 9.95. The molecule has 2 rings (SSSR count). The predicted octanol–water partition coefficient (Wildman–Crippen LogP) is 1.24. The van der Waals surface area contributed by atoms with Crippen LogP contribution >= 0.6 is 11.6 Å². The summed E-state index contributed by atoms with van der Waals surface area (Å²) in [6, 6.07) is 2.96. The largest absolute Gasteiger partial charge is 0.447 e. The molecule has 1 aromatic carbocycles. The van der Waals surface area contributed by atoms with E-state index in [1.165, 1.54) is 25.2 Å². The second kappa shape index (κ2) is 10.8. The maximum atomic E-state index is 13.0. The van der Waals surface area contributed by atoms with E-state index in [-0.39, 0.29) is 34.7 Å². The first kappa shape index (κ1) is 24.1. The number of rotatable bonds is 8. The minimum Gasteiger partial charge on any atom is -0.447 e. The first-order valence-corrected chi connectivity index (χ1v) is 10.1. The Hall–Kier alpha value is -3.14. The highest BCUT2D eigenvalue weighted by molar-refractivity contribution is 6.38. The highest BCUT2D eigenvalue weighted by atomic mass is 35.5. The molecule has 11 heteroatoms. The van der Waals surface area contributed by atoms with Crippen molar-refractivity contribution in [3.63, 3.8) is 0 Å². The third-order valence-electron chi connectivity index (χ3n) is 4.56. The summed E-state index contributed by atoms with van der Waals surface area (Å²) < 4.78 is 5.02. The Morgan fingerprint density at radius 2 is 1.97 bits per heavy atom. The van der Waals surface area contributed by atoms with Gasteiger partial charge in [-0.15, -0.1) is 0 Å². The van der Waals surface area contributed by atoms with E-state index in [9.17, 15) is 24.0 Å². The average molecular weight is 453 g/mol. The molecule has 1 aromatic rings. The van der Waals surface area contributed by atoms with Gasteiger partial charge in [0.2, 0.25) is 11.7 Å². The Balaban J connectivity index is 2.26. The van der Waals surface area contributed by atoms with Crippen LogP contribution < -0.4 is 21.3 Å². The quantitative estimate of drug-likeness (QED) is 0.437. The van der Waals surface area contributed by atoms with Crippen LogP contribution in [-0.4, -0.2) is 55.3 Å². The summed E-state index contributed by atoms with van der Waals surface area (Å²) in [4.78, 5) is 61.2. The molecule has 0 spiro atoms. The first-order valence-electron chi connectivity index (χ1n) is 9.74. The van der Waals surface area contributed by atoms with Gasteiger partial charge < -0.3 is 20.7 Å². The van der Waals surface area contributed by atoms with Gasteiger partial charge in [-0.2, -0.15) is 0 Å². The van der Waals surface area contributed by atoms with Crippen molar-refractivity contribution < 1.29 is 28.7 Å². The normalized spacial score (nSPS) is 16.3. The zero-order chi connectivity index (χ0) is 23.1. The molecule has 0 aromatic heterocycles. The smallest absolute Gasteiger partial charge is 0.411 e. The second-order valence-corrected chi connectivity index (χ2v) is 7.69. The van der Waals surface area contributed by atoms with Gasteiger partial charge in [0.15, 0.2) is 0 Å². The van der Waals surface area contributed by atoms with Crippen LogP contribution in [-0.2, 0) is 19.1 Å². The fraction of sp³-hybridized carbons (Fsp3) is 0.450. The number of hydrogen-bond donors (Lipinski definition) is 4. The van der Waals surface area contributed by atoms with E-state index >= 15 is 0 Å². The van der Waals surface area contributed by atoms with E-state index in [1.54, 1.807) is 13.8 Å². The Bertz CT molecular complexity index is 888. The molecule has 1 fully saturated rings. The van der Waals surface area contributed by atoms with E-state index in [2.05, 4.69) is 21.3 Å². The zero-order valence-corrected chi connectivity index (χ0v) is 18.2. The van der Waals surface area contributed by atoms with Crippen LogP contribution in [0.1, 0.15) is 37.0 Å². The van der Waals surface area contributed by atoms with Gasteiger partial charge in [0.1, 0.15) is 0 Å². The number of ketones is 1. The molecule has 4 N–H and O–H groups in total. The molecule has 0 saturated carbocycles. The SMILES string of the molecule is CNC(=O)C(=O)C(C[C@@H]1CCNC1=O)NC(=O)c1cc(Cl)ccc1NC(=O)OC(C)C. The molecule has 1 saturated heterocycles. The van der Waals surface area contributed by atoms with Gasteiger partial charge in [0.25, 0.3) is 11.8 Å². The van der Waals surface area contributed by atoms with Gasteiger partial charge in [0, 0.05) is 24.5 Å². The summed E-state index contributed by atoms with van der Waals surface area (Å²) in [6.07, 6.45) is -0.705. The predicted molar refractivity (Wildman–Crippen MR) is 113 cm³/mol. The number of amides is 4. The summed E-state index contributed by atoms with van der Waals surface area (Å²) >= 11 is 6.00. The van der Waals surface area contributed by atoms with E-state index in [1.807, 2.05) is 0 Å². The van der Waals surface area contributed by atoms with Crippen LogP contribution in [0.3, 0.4) is 0 Å². The molecule has 31 heavy (non-hydrogen) atoms. The van der Waals surface area contributed by atoms with Crippen molar-refractivity contribution in [2.75, 3.05) is 18.9 Å². The van der Waals surface area contributed by atoms with E-state index in [4.69, 9.17) is 16.3 Å². The lowest BCUT2D eigenvalue weighted by molar-refractivity contribution is -0.139. The average Bonchev–Trinajstić information content (AvgIpc) is 3.11. The number of anilines is 1. The van der Waals surface area contributed by atoms with Gasteiger partial charge in [0.05, 0.1) is 23.4 Å². The standard InChI is InChI=1S/C20H25ClN4O6/c1-10(2)31-20(30)25-14-5-4-12(21)9-13(14)18(28)24-15(16(26)19(29)22-3)8-11-6-7-23-17(11)27/h4-5,9-11,15H,6-8H2,1-3H3,(H,22,29)(H,23,27)(H,24,28)(H,25,30)/t11-,15?/m0/s1. The topological polar surface area (TPSA) is 143 Å². The number of halogens is 1. The van der Waals surface area contributed by atoms with Crippen LogP contribution in [0.2, 0.25) is 5.02 Å². The molecule has 4 amide bonds. The fourth-order valence-electron chi connectivity index (χ4n) is 3.07. The Morgan fingerprint density at radius 1 is 1.26 bits per heavy atom. The summed E-state index contributed by atoms with van der Waals surface area (Å²) in [5.74, 6) is -3.29. The lowest BCUT2D eigenvalue weighted by Crippen LogP contribution is -2.48. The summed E-state index contributed by atoms with van der Waals surface area (Å²) in [5.41, 5.74) is 0.0797. The van der Waals surface area contributed by atoms with Crippen molar-refractivity contribution in [2.24, 2.45) is 5.92 Å². The minimum atomic E-state index is -1.24. The van der Waals surface area contributed by atoms with Crippen molar-refractivity contribution in [1.82, 2.24) is 16.0 Å². The zero-order valence-electron chi connectivity index (χ0n) is 17.4. The monoisotopic (exact) mass is 452 g/mol. The Morgan fingerprint density at radius 3 is 2.55 bits per heavy atom. The molecule has 0 radical (unpaired) electrons. The van der Waals surface area contributed by atoms with E-state index in [0.717, 1.165) is 0 Å². The molecule has 0 bridgehead atoms. The Kier molecular flexibility index (Phi) is 8.38. The second-order valence-electron chi connectivity index (χ2n) is 7.25. The molecule has 1 aliphatic rings. The number of benzene rings is 1. The third-order valence-corrected chi connectivity index (χ3v) is 4.80. The van der Waals surface area contributed by atoms with Crippen molar-refractivity contribution >= 4 is 46.9 Å². The number of ether oxygens (including phenoxy) is 1. The van der Waals surface area contributed by atoms with Gasteiger partial charge in [-0.3, -0.25) is 24.5 Å². The molecular weight excluding hydrogens is 428 g/mol. The first-order chi connectivity index (χ1) is 14.6. The van der Waals surface area contributed by atoms with Gasteiger partial charge in [-0.1, -0.05) is 11.6 Å². The number of carbonyl (C=O) groups excluding carboxylic acids is 5.